The summed E-state index contributed by atoms with van der Waals surface area (Å²) in [4.78, 5) is 17.8. The third-order valence-electron chi connectivity index (χ3n) is 7.94. The predicted octanol–water partition coefficient (Wildman–Crippen LogP) is 7.40. The molecule has 0 fully saturated rings. The zero-order valence-corrected chi connectivity index (χ0v) is 25.9. The summed E-state index contributed by atoms with van der Waals surface area (Å²) in [5, 5.41) is 17.7. The molecule has 0 spiro atoms. The topological polar surface area (TPSA) is 78.3 Å². The highest BCUT2D eigenvalue weighted by atomic mass is 16.2. The highest BCUT2D eigenvalue weighted by molar-refractivity contribution is 6.08. The van der Waals surface area contributed by atoms with Crippen LogP contribution in [0.2, 0.25) is 0 Å². The van der Waals surface area contributed by atoms with Crippen molar-refractivity contribution in [2.24, 2.45) is 0 Å². The number of allylic oxidation sites excluding steroid dienone is 1. The van der Waals surface area contributed by atoms with E-state index in [0.29, 0.717) is 11.9 Å². The van der Waals surface area contributed by atoms with E-state index in [4.69, 9.17) is 5.10 Å². The Morgan fingerprint density at radius 3 is 2.48 bits per heavy atom. The molecule has 4 aromatic rings. The lowest BCUT2D eigenvalue weighted by Crippen LogP contribution is -2.44. The van der Waals surface area contributed by atoms with E-state index in [0.717, 1.165) is 59.3 Å². The predicted molar refractivity (Wildman–Crippen MR) is 173 cm³/mol. The van der Waals surface area contributed by atoms with E-state index in [1.807, 2.05) is 37.3 Å². The molecule has 0 saturated carbocycles. The monoisotopic (exact) mass is 565 g/mol. The number of benzene rings is 2. The number of hydrogen-bond acceptors (Lipinski definition) is 5. The molecular formula is C34H43N7O. The zero-order valence-electron chi connectivity index (χ0n) is 25.9. The van der Waals surface area contributed by atoms with Crippen LogP contribution in [-0.4, -0.2) is 57.5 Å². The summed E-state index contributed by atoms with van der Waals surface area (Å²) < 4.78 is 1.74. The molecule has 8 heteroatoms. The van der Waals surface area contributed by atoms with Crippen molar-refractivity contribution in [3.8, 4) is 5.69 Å². The Kier molecular flexibility index (Phi) is 8.48. The minimum absolute atomic E-state index is 0.185. The molecule has 220 valence electrons. The molecule has 1 aliphatic carbocycles. The lowest BCUT2D eigenvalue weighted by molar-refractivity contribution is -0.000246. The maximum atomic E-state index is 13.4. The Morgan fingerprint density at radius 2 is 1.81 bits per heavy atom. The minimum atomic E-state index is -0.323. The number of pyridine rings is 1. The molecule has 0 saturated heterocycles. The summed E-state index contributed by atoms with van der Waals surface area (Å²) in [6.45, 7) is 11.4. The first-order valence-corrected chi connectivity index (χ1v) is 14.8. The standard InChI is InChI=1S/C34H43N7O/c1-8-40(39(6)7)25-13-11-12-24(20-25)27-18-19-30(29-15-10-9-14-28(27)29)36-33(42)37-32-21-31(34(3,4)5)38-41(32)26-17-16-23(2)35-22-26/h9-10,14-22,25H,8,11-13H2,1-7H3,(H2,36,37,42). The van der Waals surface area contributed by atoms with E-state index in [1.165, 1.54) is 11.1 Å². The van der Waals surface area contributed by atoms with Crippen molar-refractivity contribution in [1.82, 2.24) is 24.8 Å². The van der Waals surface area contributed by atoms with E-state index < -0.39 is 0 Å². The lowest BCUT2D eigenvalue weighted by Gasteiger charge is -2.36. The molecule has 8 nitrogen and oxygen atoms in total. The van der Waals surface area contributed by atoms with Gasteiger partial charge in [0.1, 0.15) is 5.82 Å². The number of urea groups is 1. The SMILES string of the molecule is CCN(C1C=C(c2ccc(NC(=O)Nc3cc(C(C)(C)C)nn3-c3ccc(C)nc3)c3ccccc23)CCC1)N(C)C. The van der Waals surface area contributed by atoms with Gasteiger partial charge in [0.2, 0.25) is 0 Å². The van der Waals surface area contributed by atoms with Crippen LogP contribution in [0.4, 0.5) is 16.3 Å². The van der Waals surface area contributed by atoms with Gasteiger partial charge in [0.15, 0.2) is 0 Å². The number of carbonyl (C=O) groups excluding carboxylic acids is 1. The van der Waals surface area contributed by atoms with Crippen LogP contribution in [-0.2, 0) is 5.41 Å². The van der Waals surface area contributed by atoms with Crippen molar-refractivity contribution in [3.05, 3.63) is 83.8 Å². The number of hydrazine groups is 1. The number of aromatic nitrogens is 3. The van der Waals surface area contributed by atoms with E-state index in [2.05, 4.69) is 97.8 Å². The first-order valence-electron chi connectivity index (χ1n) is 14.8. The van der Waals surface area contributed by atoms with Gasteiger partial charge in [-0.2, -0.15) is 5.10 Å². The van der Waals surface area contributed by atoms with Crippen LogP contribution in [0.3, 0.4) is 0 Å². The zero-order chi connectivity index (χ0) is 30.0. The summed E-state index contributed by atoms with van der Waals surface area (Å²) in [6.07, 6.45) is 7.56. The van der Waals surface area contributed by atoms with Gasteiger partial charge >= 0.3 is 6.03 Å². The van der Waals surface area contributed by atoms with Gasteiger partial charge in [0.25, 0.3) is 0 Å². The fraction of sp³-hybridized carbons (Fsp3) is 0.382. The van der Waals surface area contributed by atoms with Gasteiger partial charge in [-0.15, -0.1) is 0 Å². The quantitative estimate of drug-likeness (QED) is 0.228. The molecule has 2 aromatic carbocycles. The van der Waals surface area contributed by atoms with Gasteiger partial charge in [0, 0.05) is 49.2 Å². The van der Waals surface area contributed by atoms with Crippen molar-refractivity contribution in [1.29, 1.82) is 0 Å². The van der Waals surface area contributed by atoms with Crippen molar-refractivity contribution in [2.75, 3.05) is 31.3 Å². The number of fused-ring (bicyclic) bond motifs is 1. The highest BCUT2D eigenvalue weighted by Crippen LogP contribution is 2.36. The number of anilines is 2. The number of nitrogens with zero attached hydrogens (tertiary/aromatic N) is 5. The van der Waals surface area contributed by atoms with E-state index in [1.54, 1.807) is 10.9 Å². The van der Waals surface area contributed by atoms with Crippen LogP contribution in [0.1, 0.15) is 63.9 Å². The molecule has 2 aromatic heterocycles. The molecule has 2 N–H and O–H groups in total. The smallest absolute Gasteiger partial charge is 0.307 e. The van der Waals surface area contributed by atoms with Gasteiger partial charge in [0.05, 0.1) is 23.3 Å². The average Bonchev–Trinajstić information content (AvgIpc) is 3.38. The van der Waals surface area contributed by atoms with Gasteiger partial charge in [-0.1, -0.05) is 64.1 Å². The van der Waals surface area contributed by atoms with Crippen molar-refractivity contribution >= 4 is 33.9 Å². The van der Waals surface area contributed by atoms with Gasteiger partial charge in [-0.05, 0) is 60.9 Å². The maximum absolute atomic E-state index is 13.4. The summed E-state index contributed by atoms with van der Waals surface area (Å²) in [5.74, 6) is 0.587. The van der Waals surface area contributed by atoms with Gasteiger partial charge in [-0.25, -0.2) is 19.5 Å². The Hall–Kier alpha value is -4.01. The number of nitrogens with one attached hydrogen (secondary N) is 2. The molecule has 1 aliphatic rings. The van der Waals surface area contributed by atoms with Crippen LogP contribution >= 0.6 is 0 Å². The summed E-state index contributed by atoms with van der Waals surface area (Å²) in [5.41, 5.74) is 5.77. The normalized spacial score (nSPS) is 15.7. The largest absolute Gasteiger partial charge is 0.324 e. The maximum Gasteiger partial charge on any atom is 0.324 e. The van der Waals surface area contributed by atoms with Crippen LogP contribution in [0.25, 0.3) is 22.0 Å². The second kappa shape index (κ2) is 12.1. The van der Waals surface area contributed by atoms with E-state index in [9.17, 15) is 4.79 Å². The molecular weight excluding hydrogens is 522 g/mol. The van der Waals surface area contributed by atoms with E-state index in [-0.39, 0.29) is 11.4 Å². The van der Waals surface area contributed by atoms with Crippen LogP contribution in [0.5, 0.6) is 0 Å². The minimum Gasteiger partial charge on any atom is -0.307 e. The Labute approximate surface area is 249 Å². The molecule has 5 rings (SSSR count). The number of carbonyl (C=O) groups is 1. The second-order valence-corrected chi connectivity index (χ2v) is 12.3. The molecule has 1 atom stereocenters. The lowest BCUT2D eigenvalue weighted by atomic mass is 9.88. The first-order chi connectivity index (χ1) is 20.0. The fourth-order valence-electron chi connectivity index (χ4n) is 5.75. The highest BCUT2D eigenvalue weighted by Gasteiger charge is 2.24. The molecule has 2 heterocycles. The van der Waals surface area contributed by atoms with Gasteiger partial charge < -0.3 is 5.32 Å². The summed E-state index contributed by atoms with van der Waals surface area (Å²) in [6, 6.07) is 18.4. The Bertz CT molecular complexity index is 1590. The first kappa shape index (κ1) is 29.5. The Morgan fingerprint density at radius 1 is 1.05 bits per heavy atom. The fourth-order valence-corrected chi connectivity index (χ4v) is 5.75. The third kappa shape index (κ3) is 6.25. The van der Waals surface area contributed by atoms with Gasteiger partial charge in [-0.3, -0.25) is 10.3 Å². The molecule has 0 bridgehead atoms. The molecule has 1 unspecified atom stereocenters. The molecule has 2 amide bonds. The van der Waals surface area contributed by atoms with Crippen LogP contribution in [0.15, 0.2) is 66.9 Å². The summed E-state index contributed by atoms with van der Waals surface area (Å²) in [7, 11) is 4.22. The van der Waals surface area contributed by atoms with Crippen LogP contribution in [0, 0.1) is 6.92 Å². The molecule has 42 heavy (non-hydrogen) atoms. The third-order valence-corrected chi connectivity index (χ3v) is 7.94. The number of rotatable bonds is 7. The Balaban J connectivity index is 1.44. The van der Waals surface area contributed by atoms with Crippen molar-refractivity contribution < 1.29 is 4.79 Å². The average molecular weight is 566 g/mol. The molecule has 0 aliphatic heterocycles. The number of aryl methyl sites for hydroxylation is 1. The molecule has 0 radical (unpaired) electrons. The second-order valence-electron chi connectivity index (χ2n) is 12.3. The van der Waals surface area contributed by atoms with Crippen LogP contribution < -0.4 is 10.6 Å². The number of likely N-dealkylation sites (N-methyl/N-ethyl adjacent to an activating group) is 1. The summed E-state index contributed by atoms with van der Waals surface area (Å²) >= 11 is 0. The van der Waals surface area contributed by atoms with Crippen molar-refractivity contribution in [3.63, 3.8) is 0 Å². The van der Waals surface area contributed by atoms with E-state index >= 15 is 0 Å². The van der Waals surface area contributed by atoms with Crippen molar-refractivity contribution in [2.45, 2.75) is 65.3 Å². The number of hydrogen-bond donors (Lipinski definition) is 2. The number of amides is 2.